The van der Waals surface area contributed by atoms with Crippen LogP contribution in [-0.2, 0) is 10.9 Å². The molecule has 3 rings (SSSR count). The number of carbonyl (C=O) groups excluding carboxylic acids is 1. The number of rotatable bonds is 3. The zero-order valence-electron chi connectivity index (χ0n) is 14.3. The molecule has 0 saturated carbocycles. The summed E-state index contributed by atoms with van der Waals surface area (Å²) in [7, 11) is 0. The van der Waals surface area contributed by atoms with Crippen LogP contribution in [0, 0.1) is 0 Å². The van der Waals surface area contributed by atoms with Gasteiger partial charge in [-0.3, -0.25) is 4.98 Å². The highest BCUT2D eigenvalue weighted by Crippen LogP contribution is 2.34. The van der Waals surface area contributed by atoms with Gasteiger partial charge >= 0.3 is 12.3 Å². The molecule has 1 unspecified atom stereocenters. The van der Waals surface area contributed by atoms with Gasteiger partial charge in [0.25, 0.3) is 0 Å². The Bertz CT molecular complexity index is 795. The number of alkyl carbamates (subject to hydrolysis) is 1. The minimum absolute atomic E-state index is 0.0690. The quantitative estimate of drug-likeness (QED) is 0.892. The third kappa shape index (κ3) is 4.00. The molecule has 0 radical (unpaired) electrons. The van der Waals surface area contributed by atoms with Gasteiger partial charge < -0.3 is 15.0 Å². The van der Waals surface area contributed by atoms with Crippen LogP contribution in [-0.4, -0.2) is 36.8 Å². The normalized spacial score (nSPS) is 18.0. The van der Waals surface area contributed by atoms with Crippen LogP contribution in [0.25, 0.3) is 10.9 Å². The summed E-state index contributed by atoms with van der Waals surface area (Å²) in [6.45, 7) is 3.38. The minimum Gasteiger partial charge on any atom is -0.450 e. The fraction of sp³-hybridized carbons (Fsp3) is 0.444. The summed E-state index contributed by atoms with van der Waals surface area (Å²) < 4.78 is 43.7. The number of piperidine rings is 1. The summed E-state index contributed by atoms with van der Waals surface area (Å²) in [4.78, 5) is 17.8. The second-order valence-electron chi connectivity index (χ2n) is 6.21. The Morgan fingerprint density at radius 1 is 1.38 bits per heavy atom. The van der Waals surface area contributed by atoms with Crippen molar-refractivity contribution in [2.45, 2.75) is 32.0 Å². The van der Waals surface area contributed by atoms with E-state index in [-0.39, 0.29) is 6.04 Å². The van der Waals surface area contributed by atoms with Crippen molar-refractivity contribution in [1.82, 2.24) is 10.3 Å². The van der Waals surface area contributed by atoms with Crippen molar-refractivity contribution in [3.63, 3.8) is 0 Å². The Labute approximate surface area is 149 Å². The molecule has 0 aliphatic carbocycles. The second kappa shape index (κ2) is 7.39. The molecule has 5 nitrogen and oxygen atoms in total. The Morgan fingerprint density at radius 3 is 2.92 bits per heavy atom. The molecule has 1 saturated heterocycles. The number of carbonyl (C=O) groups is 1. The first-order valence-corrected chi connectivity index (χ1v) is 8.52. The summed E-state index contributed by atoms with van der Waals surface area (Å²) in [6.07, 6.45) is -1.64. The molecule has 140 valence electrons. The predicted octanol–water partition coefficient (Wildman–Crippen LogP) is 3.97. The molecule has 1 fully saturated rings. The standard InChI is InChI=1S/C18H20F3N3O2/c1-2-26-17(25)23-13-4-3-9-24(11-13)16-7-8-22-15-10-12(18(19,20)21)5-6-14(15)16/h5-8,10,13H,2-4,9,11H2,1H3,(H,23,25). The van der Waals surface area contributed by atoms with Gasteiger partial charge in [0, 0.05) is 36.4 Å². The van der Waals surface area contributed by atoms with Gasteiger partial charge in [-0.1, -0.05) is 6.07 Å². The first-order chi connectivity index (χ1) is 12.4. The molecular formula is C18H20F3N3O2. The molecule has 1 atom stereocenters. The number of nitrogens with one attached hydrogen (secondary N) is 1. The zero-order valence-corrected chi connectivity index (χ0v) is 14.3. The molecule has 26 heavy (non-hydrogen) atoms. The Hall–Kier alpha value is -2.51. The maximum atomic E-state index is 12.9. The summed E-state index contributed by atoms with van der Waals surface area (Å²) in [6, 6.07) is 5.33. The van der Waals surface area contributed by atoms with Crippen LogP contribution in [0.2, 0.25) is 0 Å². The van der Waals surface area contributed by atoms with Gasteiger partial charge in [-0.25, -0.2) is 4.79 Å². The minimum atomic E-state index is -4.40. The lowest BCUT2D eigenvalue weighted by Crippen LogP contribution is -2.48. The van der Waals surface area contributed by atoms with E-state index in [1.807, 2.05) is 0 Å². The number of aromatic nitrogens is 1. The van der Waals surface area contributed by atoms with Crippen LogP contribution in [0.4, 0.5) is 23.7 Å². The number of benzene rings is 1. The Kier molecular flexibility index (Phi) is 5.20. The number of amides is 1. The number of halogens is 3. The topological polar surface area (TPSA) is 54.5 Å². The Morgan fingerprint density at radius 2 is 2.19 bits per heavy atom. The zero-order chi connectivity index (χ0) is 18.7. The molecule has 1 N–H and O–H groups in total. The van der Waals surface area contributed by atoms with Crippen LogP contribution in [0.3, 0.4) is 0 Å². The van der Waals surface area contributed by atoms with E-state index in [1.165, 1.54) is 12.3 Å². The molecule has 1 aromatic heterocycles. The van der Waals surface area contributed by atoms with E-state index in [2.05, 4.69) is 15.2 Å². The van der Waals surface area contributed by atoms with E-state index < -0.39 is 17.8 Å². The Balaban J connectivity index is 1.84. The lowest BCUT2D eigenvalue weighted by molar-refractivity contribution is -0.137. The van der Waals surface area contributed by atoms with Crippen molar-refractivity contribution >= 4 is 22.7 Å². The number of nitrogens with zero attached hydrogens (tertiary/aromatic N) is 2. The molecule has 1 aromatic carbocycles. The van der Waals surface area contributed by atoms with E-state index in [9.17, 15) is 18.0 Å². The van der Waals surface area contributed by atoms with E-state index in [0.717, 1.165) is 37.2 Å². The number of anilines is 1. The highest BCUT2D eigenvalue weighted by molar-refractivity contribution is 5.92. The van der Waals surface area contributed by atoms with Gasteiger partial charge in [0.05, 0.1) is 17.7 Å². The summed E-state index contributed by atoms with van der Waals surface area (Å²) >= 11 is 0. The van der Waals surface area contributed by atoms with E-state index in [0.29, 0.717) is 24.1 Å². The predicted molar refractivity (Wildman–Crippen MR) is 92.1 cm³/mol. The lowest BCUT2D eigenvalue weighted by atomic mass is 10.0. The van der Waals surface area contributed by atoms with Gasteiger partial charge in [-0.15, -0.1) is 0 Å². The molecule has 1 amide bonds. The third-order valence-electron chi connectivity index (χ3n) is 4.41. The van der Waals surface area contributed by atoms with Crippen LogP contribution in [0.1, 0.15) is 25.3 Å². The average molecular weight is 367 g/mol. The van der Waals surface area contributed by atoms with Crippen molar-refractivity contribution in [1.29, 1.82) is 0 Å². The summed E-state index contributed by atoms with van der Waals surface area (Å²) in [5.74, 6) is 0. The smallest absolute Gasteiger partial charge is 0.416 e. The number of pyridine rings is 1. The maximum Gasteiger partial charge on any atom is 0.416 e. The SMILES string of the molecule is CCOC(=O)NC1CCCN(c2ccnc3cc(C(F)(F)F)ccc23)C1. The lowest BCUT2D eigenvalue weighted by Gasteiger charge is -2.35. The average Bonchev–Trinajstić information content (AvgIpc) is 2.60. The van der Waals surface area contributed by atoms with Gasteiger partial charge in [0.1, 0.15) is 0 Å². The van der Waals surface area contributed by atoms with E-state index >= 15 is 0 Å². The molecule has 1 aliphatic heterocycles. The molecule has 2 heterocycles. The maximum absolute atomic E-state index is 12.9. The number of fused-ring (bicyclic) bond motifs is 1. The summed E-state index contributed by atoms with van der Waals surface area (Å²) in [5, 5.41) is 3.49. The van der Waals surface area contributed by atoms with Crippen molar-refractivity contribution in [3.05, 3.63) is 36.0 Å². The number of hydrogen-bond acceptors (Lipinski definition) is 4. The third-order valence-corrected chi connectivity index (χ3v) is 4.41. The van der Waals surface area contributed by atoms with Gasteiger partial charge in [0.15, 0.2) is 0 Å². The molecule has 1 aliphatic rings. The first kappa shape index (κ1) is 18.3. The molecule has 0 bridgehead atoms. The van der Waals surface area contributed by atoms with Gasteiger partial charge in [-0.2, -0.15) is 13.2 Å². The van der Waals surface area contributed by atoms with Crippen LogP contribution >= 0.6 is 0 Å². The van der Waals surface area contributed by atoms with Crippen LogP contribution in [0.5, 0.6) is 0 Å². The fourth-order valence-corrected chi connectivity index (χ4v) is 3.24. The fourth-order valence-electron chi connectivity index (χ4n) is 3.24. The number of alkyl halides is 3. The molecule has 8 heteroatoms. The molecular weight excluding hydrogens is 347 g/mol. The van der Waals surface area contributed by atoms with Crippen molar-refractivity contribution < 1.29 is 22.7 Å². The van der Waals surface area contributed by atoms with E-state index in [1.54, 1.807) is 13.0 Å². The van der Waals surface area contributed by atoms with Gasteiger partial charge in [0.2, 0.25) is 0 Å². The molecule has 2 aromatic rings. The number of hydrogen-bond donors (Lipinski definition) is 1. The van der Waals surface area contributed by atoms with Crippen molar-refractivity contribution in [2.75, 3.05) is 24.6 Å². The van der Waals surface area contributed by atoms with Crippen molar-refractivity contribution in [3.8, 4) is 0 Å². The first-order valence-electron chi connectivity index (χ1n) is 8.52. The highest BCUT2D eigenvalue weighted by Gasteiger charge is 2.31. The van der Waals surface area contributed by atoms with Gasteiger partial charge in [-0.05, 0) is 38.0 Å². The van der Waals surface area contributed by atoms with Crippen LogP contribution in [0.15, 0.2) is 30.5 Å². The summed E-state index contributed by atoms with van der Waals surface area (Å²) in [5.41, 5.74) is 0.409. The largest absolute Gasteiger partial charge is 0.450 e. The van der Waals surface area contributed by atoms with Crippen LogP contribution < -0.4 is 10.2 Å². The molecule has 0 spiro atoms. The second-order valence-corrected chi connectivity index (χ2v) is 6.21. The van der Waals surface area contributed by atoms with Crippen molar-refractivity contribution in [2.24, 2.45) is 0 Å². The number of ether oxygens (including phenoxy) is 1. The highest BCUT2D eigenvalue weighted by atomic mass is 19.4. The monoisotopic (exact) mass is 367 g/mol. The van der Waals surface area contributed by atoms with E-state index in [4.69, 9.17) is 4.74 Å².